The molecule has 0 spiro atoms. The molecule has 1 aromatic carbocycles. The molecule has 18 heavy (non-hydrogen) atoms. The Morgan fingerprint density at radius 2 is 1.78 bits per heavy atom. The van der Waals surface area contributed by atoms with Gasteiger partial charge in [0.15, 0.2) is 0 Å². The van der Waals surface area contributed by atoms with E-state index in [1.807, 2.05) is 24.3 Å². The molecule has 2 heterocycles. The average molecular weight is 275 g/mol. The quantitative estimate of drug-likeness (QED) is 0.648. The Morgan fingerprint density at radius 1 is 0.889 bits per heavy atom. The smallest absolute Gasteiger partial charge is 0.0979 e. The van der Waals surface area contributed by atoms with Crippen molar-refractivity contribution < 1.29 is 0 Å². The van der Waals surface area contributed by atoms with Gasteiger partial charge in [-0.2, -0.15) is 0 Å². The second-order valence-corrected chi connectivity index (χ2v) is 4.70. The molecule has 2 nitrogen and oxygen atoms in total. The summed E-state index contributed by atoms with van der Waals surface area (Å²) in [6.07, 6.45) is 3.50. The Morgan fingerprint density at radius 3 is 2.61 bits per heavy atom. The highest BCUT2D eigenvalue weighted by molar-refractivity contribution is 6.36. The molecule has 0 unspecified atom stereocenters. The van der Waals surface area contributed by atoms with Crippen molar-refractivity contribution in [2.75, 3.05) is 0 Å². The standard InChI is InChI=1S/C14H8Cl2N2/c15-10-3-4-11(12(16)8-10)14-13-9(5-7-18-14)2-1-6-17-13/h1-8H. The van der Waals surface area contributed by atoms with Gasteiger partial charge < -0.3 is 0 Å². The van der Waals surface area contributed by atoms with Gasteiger partial charge >= 0.3 is 0 Å². The third-order valence-electron chi connectivity index (χ3n) is 2.71. The van der Waals surface area contributed by atoms with E-state index < -0.39 is 0 Å². The molecule has 0 saturated carbocycles. The van der Waals surface area contributed by atoms with Gasteiger partial charge in [0.25, 0.3) is 0 Å². The zero-order valence-corrected chi connectivity index (χ0v) is 10.8. The lowest BCUT2D eigenvalue weighted by atomic mass is 10.1. The molecule has 0 bridgehead atoms. The molecule has 0 amide bonds. The van der Waals surface area contributed by atoms with Gasteiger partial charge in [0.2, 0.25) is 0 Å². The third kappa shape index (κ3) is 1.94. The van der Waals surface area contributed by atoms with Crippen molar-refractivity contribution in [2.45, 2.75) is 0 Å². The van der Waals surface area contributed by atoms with Crippen LogP contribution < -0.4 is 0 Å². The van der Waals surface area contributed by atoms with Crippen molar-refractivity contribution in [3.8, 4) is 11.3 Å². The van der Waals surface area contributed by atoms with Crippen LogP contribution in [-0.2, 0) is 0 Å². The highest BCUT2D eigenvalue weighted by atomic mass is 35.5. The van der Waals surface area contributed by atoms with Gasteiger partial charge in [-0.25, -0.2) is 0 Å². The number of fused-ring (bicyclic) bond motifs is 1. The molecule has 88 valence electrons. The van der Waals surface area contributed by atoms with Gasteiger partial charge in [0, 0.05) is 28.4 Å². The Kier molecular flexibility index (Phi) is 2.90. The molecular formula is C14H8Cl2N2. The van der Waals surface area contributed by atoms with Crippen LogP contribution in [0.3, 0.4) is 0 Å². The lowest BCUT2D eigenvalue weighted by molar-refractivity contribution is 1.31. The van der Waals surface area contributed by atoms with E-state index in [0.717, 1.165) is 22.2 Å². The monoisotopic (exact) mass is 274 g/mol. The molecule has 3 rings (SSSR count). The van der Waals surface area contributed by atoms with Gasteiger partial charge in [-0.05, 0) is 30.3 Å². The molecule has 2 aromatic heterocycles. The molecule has 0 aliphatic heterocycles. The van der Waals surface area contributed by atoms with Gasteiger partial charge in [-0.15, -0.1) is 0 Å². The molecule has 0 radical (unpaired) electrons. The largest absolute Gasteiger partial charge is 0.254 e. The molecule has 3 aromatic rings. The van der Waals surface area contributed by atoms with E-state index in [9.17, 15) is 0 Å². The van der Waals surface area contributed by atoms with E-state index in [2.05, 4.69) is 9.97 Å². The highest BCUT2D eigenvalue weighted by Gasteiger charge is 2.10. The van der Waals surface area contributed by atoms with Crippen LogP contribution in [0.2, 0.25) is 10.0 Å². The first-order chi connectivity index (χ1) is 8.75. The summed E-state index contributed by atoms with van der Waals surface area (Å²) in [7, 11) is 0. The van der Waals surface area contributed by atoms with Crippen molar-refractivity contribution in [3.63, 3.8) is 0 Å². The van der Waals surface area contributed by atoms with Gasteiger partial charge in [-0.3, -0.25) is 9.97 Å². The maximum absolute atomic E-state index is 6.21. The normalized spacial score (nSPS) is 10.8. The van der Waals surface area contributed by atoms with E-state index in [1.165, 1.54) is 0 Å². The van der Waals surface area contributed by atoms with Gasteiger partial charge in [-0.1, -0.05) is 29.3 Å². The molecule has 0 atom stereocenters. The summed E-state index contributed by atoms with van der Waals surface area (Å²) >= 11 is 12.1. The fraction of sp³-hybridized carbons (Fsp3) is 0. The number of rotatable bonds is 1. The van der Waals surface area contributed by atoms with Gasteiger partial charge in [0.1, 0.15) is 0 Å². The fourth-order valence-corrected chi connectivity index (χ4v) is 2.38. The number of nitrogens with zero attached hydrogens (tertiary/aromatic N) is 2. The van der Waals surface area contributed by atoms with Crippen molar-refractivity contribution >= 4 is 34.1 Å². The average Bonchev–Trinajstić information content (AvgIpc) is 2.38. The maximum Gasteiger partial charge on any atom is 0.0979 e. The summed E-state index contributed by atoms with van der Waals surface area (Å²) in [5, 5.41) is 2.22. The summed E-state index contributed by atoms with van der Waals surface area (Å²) in [5.41, 5.74) is 2.45. The van der Waals surface area contributed by atoms with Crippen molar-refractivity contribution in [1.82, 2.24) is 9.97 Å². The number of halogens is 2. The summed E-state index contributed by atoms with van der Waals surface area (Å²) < 4.78 is 0. The van der Waals surface area contributed by atoms with Crippen LogP contribution in [0.25, 0.3) is 22.2 Å². The first kappa shape index (κ1) is 11.5. The van der Waals surface area contributed by atoms with Crippen LogP contribution in [0.4, 0.5) is 0 Å². The molecule has 0 aliphatic rings. The Hall–Kier alpha value is -1.64. The zero-order chi connectivity index (χ0) is 12.5. The molecule has 0 N–H and O–H groups in total. The minimum absolute atomic E-state index is 0.577. The number of hydrogen-bond donors (Lipinski definition) is 0. The minimum Gasteiger partial charge on any atom is -0.254 e. The first-order valence-electron chi connectivity index (χ1n) is 5.41. The number of aromatic nitrogens is 2. The zero-order valence-electron chi connectivity index (χ0n) is 9.27. The highest BCUT2D eigenvalue weighted by Crippen LogP contribution is 2.32. The maximum atomic E-state index is 6.21. The molecule has 0 saturated heterocycles. The third-order valence-corrected chi connectivity index (χ3v) is 3.26. The SMILES string of the molecule is Clc1ccc(-c2nccc3cccnc23)c(Cl)c1. The summed E-state index contributed by atoms with van der Waals surface area (Å²) in [6.45, 7) is 0. The van der Waals surface area contributed by atoms with Crippen LogP contribution in [0.15, 0.2) is 48.8 Å². The van der Waals surface area contributed by atoms with E-state index in [-0.39, 0.29) is 0 Å². The predicted molar refractivity (Wildman–Crippen MR) is 75.0 cm³/mol. The topological polar surface area (TPSA) is 25.8 Å². The van der Waals surface area contributed by atoms with E-state index >= 15 is 0 Å². The second kappa shape index (κ2) is 4.56. The first-order valence-corrected chi connectivity index (χ1v) is 6.16. The fourth-order valence-electron chi connectivity index (χ4n) is 1.88. The van der Waals surface area contributed by atoms with Crippen LogP contribution >= 0.6 is 23.2 Å². The van der Waals surface area contributed by atoms with E-state index in [0.29, 0.717) is 10.0 Å². The summed E-state index contributed by atoms with van der Waals surface area (Å²) in [5.74, 6) is 0. The Labute approximate surface area is 114 Å². The number of hydrogen-bond acceptors (Lipinski definition) is 2. The number of pyridine rings is 2. The number of benzene rings is 1. The van der Waals surface area contributed by atoms with Crippen LogP contribution in [0.1, 0.15) is 0 Å². The van der Waals surface area contributed by atoms with Crippen molar-refractivity contribution in [2.24, 2.45) is 0 Å². The predicted octanol–water partition coefficient (Wildman–Crippen LogP) is 4.60. The Bertz CT molecular complexity index is 721. The Balaban J connectivity index is 2.31. The van der Waals surface area contributed by atoms with E-state index in [1.54, 1.807) is 24.5 Å². The lowest BCUT2D eigenvalue weighted by Crippen LogP contribution is -1.89. The molecule has 4 heteroatoms. The van der Waals surface area contributed by atoms with Crippen LogP contribution in [-0.4, -0.2) is 9.97 Å². The van der Waals surface area contributed by atoms with Gasteiger partial charge in [0.05, 0.1) is 16.2 Å². The summed E-state index contributed by atoms with van der Waals surface area (Å²) in [6, 6.07) is 11.2. The van der Waals surface area contributed by atoms with E-state index in [4.69, 9.17) is 23.2 Å². The lowest BCUT2D eigenvalue weighted by Gasteiger charge is -2.06. The van der Waals surface area contributed by atoms with Crippen molar-refractivity contribution in [1.29, 1.82) is 0 Å². The molecule has 0 fully saturated rings. The minimum atomic E-state index is 0.577. The van der Waals surface area contributed by atoms with Crippen LogP contribution in [0, 0.1) is 0 Å². The summed E-state index contributed by atoms with van der Waals surface area (Å²) in [4.78, 5) is 8.74. The molecule has 0 aliphatic carbocycles. The van der Waals surface area contributed by atoms with Crippen molar-refractivity contribution in [3.05, 3.63) is 58.8 Å². The second-order valence-electron chi connectivity index (χ2n) is 3.86. The van der Waals surface area contributed by atoms with Crippen LogP contribution in [0.5, 0.6) is 0 Å². The molecular weight excluding hydrogens is 267 g/mol.